The van der Waals surface area contributed by atoms with Crippen molar-refractivity contribution >= 4 is 45.5 Å². The predicted octanol–water partition coefficient (Wildman–Crippen LogP) is 5.64. The van der Waals surface area contributed by atoms with Gasteiger partial charge in [0.15, 0.2) is 17.7 Å². The molecule has 192 valence electrons. The molecule has 3 N–H and O–H groups in total. The van der Waals surface area contributed by atoms with E-state index in [1.54, 1.807) is 31.2 Å². The minimum atomic E-state index is -1.42. The van der Waals surface area contributed by atoms with Crippen LogP contribution in [0.5, 0.6) is 11.5 Å². The van der Waals surface area contributed by atoms with E-state index in [-0.39, 0.29) is 33.0 Å². The van der Waals surface area contributed by atoms with Crippen molar-refractivity contribution in [2.45, 2.75) is 26.4 Å². The highest BCUT2D eigenvalue weighted by molar-refractivity contribution is 6.37. The normalized spacial score (nSPS) is 17.3. The average molecular weight is 552 g/mol. The molecular weight excluding hydrogens is 532 g/mol. The maximum absolute atomic E-state index is 13.7. The molecule has 4 aromatic rings. The van der Waals surface area contributed by atoms with E-state index >= 15 is 0 Å². The number of hydrazone groups is 1. The summed E-state index contributed by atoms with van der Waals surface area (Å²) in [6.07, 6.45) is -2.82. The molecule has 0 saturated carbocycles. The molecule has 0 radical (unpaired) electrons. The molecule has 0 saturated heterocycles. The number of anilines is 1. The van der Waals surface area contributed by atoms with Gasteiger partial charge in [-0.25, -0.2) is 19.7 Å². The van der Waals surface area contributed by atoms with Crippen molar-refractivity contribution in [3.63, 3.8) is 0 Å². The molecule has 5 rings (SSSR count). The van der Waals surface area contributed by atoms with E-state index in [9.17, 15) is 14.6 Å². The molecule has 0 fully saturated rings. The van der Waals surface area contributed by atoms with Crippen LogP contribution >= 0.6 is 23.2 Å². The molecule has 2 atom stereocenters. The molecule has 0 aliphatic carbocycles. The van der Waals surface area contributed by atoms with Crippen molar-refractivity contribution in [3.05, 3.63) is 81.6 Å². The number of rotatable bonds is 4. The third-order valence-electron chi connectivity index (χ3n) is 6.04. The van der Waals surface area contributed by atoms with Crippen LogP contribution in [0.15, 0.2) is 59.7 Å². The van der Waals surface area contributed by atoms with Crippen LogP contribution in [0.1, 0.15) is 11.1 Å². The Morgan fingerprint density at radius 1 is 1.03 bits per heavy atom. The molecule has 8 nitrogen and oxygen atoms in total. The maximum atomic E-state index is 13.7. The van der Waals surface area contributed by atoms with Gasteiger partial charge >= 0.3 is 0 Å². The summed E-state index contributed by atoms with van der Waals surface area (Å²) in [4.78, 5) is 4.73. The summed E-state index contributed by atoms with van der Waals surface area (Å²) in [7, 11) is 0. The Kier molecular flexibility index (Phi) is 6.92. The number of aliphatic hydroxyl groups excluding tert-OH is 2. The third kappa shape index (κ3) is 4.88. The van der Waals surface area contributed by atoms with Gasteiger partial charge in [0.25, 0.3) is 0 Å². The van der Waals surface area contributed by atoms with Crippen molar-refractivity contribution in [3.8, 4) is 28.8 Å². The molecule has 1 aliphatic heterocycles. The molecule has 1 aromatic heterocycles. The lowest BCUT2D eigenvalue weighted by molar-refractivity contribution is 0.0631. The van der Waals surface area contributed by atoms with Crippen LogP contribution in [0.25, 0.3) is 22.2 Å². The number of nitrogens with one attached hydrogen (secondary N) is 1. The van der Waals surface area contributed by atoms with Gasteiger partial charge in [0, 0.05) is 10.9 Å². The van der Waals surface area contributed by atoms with E-state index in [1.807, 2.05) is 25.1 Å². The zero-order chi connectivity index (χ0) is 27.1. The lowest BCUT2D eigenvalue weighted by atomic mass is 10.0. The summed E-state index contributed by atoms with van der Waals surface area (Å²) < 4.78 is 19.7. The van der Waals surface area contributed by atoms with Crippen molar-refractivity contribution in [1.29, 1.82) is 5.26 Å². The quantitative estimate of drug-likeness (QED) is 0.300. The number of aryl methyl sites for hydroxylation is 2. The molecule has 38 heavy (non-hydrogen) atoms. The van der Waals surface area contributed by atoms with E-state index in [0.717, 1.165) is 32.7 Å². The monoisotopic (exact) mass is 551 g/mol. The van der Waals surface area contributed by atoms with Gasteiger partial charge in [-0.3, -0.25) is 0 Å². The fourth-order valence-electron chi connectivity index (χ4n) is 4.08. The number of halogens is 3. The number of aromatic nitrogens is 1. The number of pyridine rings is 1. The highest BCUT2D eigenvalue weighted by Crippen LogP contribution is 2.41. The first kappa shape index (κ1) is 25.9. The van der Waals surface area contributed by atoms with Crippen molar-refractivity contribution in [2.24, 2.45) is 5.10 Å². The predicted molar refractivity (Wildman–Crippen MR) is 144 cm³/mol. The Morgan fingerprint density at radius 2 is 1.76 bits per heavy atom. The molecule has 1 aliphatic rings. The number of fused-ring (bicyclic) bond motifs is 1. The van der Waals surface area contributed by atoms with Crippen LogP contribution in [-0.2, 0) is 0 Å². The van der Waals surface area contributed by atoms with E-state index in [4.69, 9.17) is 38.2 Å². The van der Waals surface area contributed by atoms with Crippen molar-refractivity contribution < 1.29 is 19.3 Å². The summed E-state index contributed by atoms with van der Waals surface area (Å²) in [5.74, 6) is 0.391. The summed E-state index contributed by atoms with van der Waals surface area (Å²) in [6.45, 7) is 3.67. The van der Waals surface area contributed by atoms with Gasteiger partial charge in [0.05, 0.1) is 26.9 Å². The fourth-order valence-corrected chi connectivity index (χ4v) is 4.63. The number of aliphatic hydroxyl groups is 2. The van der Waals surface area contributed by atoms with E-state index < -0.39 is 12.6 Å². The first-order chi connectivity index (χ1) is 18.1. The minimum Gasteiger partial charge on any atom is -0.454 e. The zero-order valence-corrected chi connectivity index (χ0v) is 21.6. The minimum absolute atomic E-state index is 0.136. The first-order valence-electron chi connectivity index (χ1n) is 11.4. The Bertz CT molecular complexity index is 1630. The van der Waals surface area contributed by atoms with Gasteiger partial charge in [-0.2, -0.15) is 10.4 Å². The van der Waals surface area contributed by atoms with Gasteiger partial charge < -0.3 is 14.9 Å². The zero-order valence-electron chi connectivity index (χ0n) is 20.1. The Labute approximate surface area is 227 Å². The number of hydrogen-bond donors (Lipinski definition) is 3. The lowest BCUT2D eigenvalue weighted by Crippen LogP contribution is -2.55. The Hall–Kier alpha value is -3.78. The fraction of sp³-hybridized carbons (Fsp3) is 0.148. The molecule has 0 amide bonds. The molecule has 0 bridgehead atoms. The smallest absolute Gasteiger partial charge is 0.206 e. The van der Waals surface area contributed by atoms with E-state index in [1.165, 1.54) is 18.2 Å². The van der Waals surface area contributed by atoms with Gasteiger partial charge in [-0.05, 0) is 79.6 Å². The van der Waals surface area contributed by atoms with Crippen LogP contribution < -0.4 is 15.1 Å². The van der Waals surface area contributed by atoms with Crippen LogP contribution in [0.2, 0.25) is 10.0 Å². The molecule has 2 heterocycles. The van der Waals surface area contributed by atoms with Crippen LogP contribution in [0, 0.1) is 31.0 Å². The molecule has 2 unspecified atom stereocenters. The maximum Gasteiger partial charge on any atom is 0.206 e. The van der Waals surface area contributed by atoms with Crippen LogP contribution in [0.3, 0.4) is 0 Å². The number of benzene rings is 3. The summed E-state index contributed by atoms with van der Waals surface area (Å²) >= 11 is 12.9. The van der Waals surface area contributed by atoms with Gasteiger partial charge in [-0.15, -0.1) is 0 Å². The van der Waals surface area contributed by atoms with Crippen molar-refractivity contribution in [2.75, 3.05) is 5.01 Å². The van der Waals surface area contributed by atoms with Crippen molar-refractivity contribution in [1.82, 2.24) is 10.3 Å². The van der Waals surface area contributed by atoms with E-state index in [2.05, 4.69) is 10.4 Å². The highest BCUT2D eigenvalue weighted by Gasteiger charge is 2.29. The van der Waals surface area contributed by atoms with E-state index in [0.29, 0.717) is 11.3 Å². The number of hydrogen-bond acceptors (Lipinski definition) is 8. The summed E-state index contributed by atoms with van der Waals surface area (Å²) in [5.41, 5.74) is 3.83. The molecule has 3 aromatic carbocycles. The number of nitrogens with zero attached hydrogens (tertiary/aromatic N) is 4. The molecule has 0 spiro atoms. The second-order valence-corrected chi connectivity index (χ2v) is 9.51. The summed E-state index contributed by atoms with van der Waals surface area (Å²) in [5, 5.41) is 37.7. The largest absolute Gasteiger partial charge is 0.454 e. The second kappa shape index (κ2) is 10.2. The van der Waals surface area contributed by atoms with Gasteiger partial charge in [0.2, 0.25) is 6.35 Å². The van der Waals surface area contributed by atoms with Gasteiger partial charge in [0.1, 0.15) is 17.6 Å². The third-order valence-corrected chi connectivity index (χ3v) is 6.60. The molecular formula is C27H20Cl2FN5O3. The highest BCUT2D eigenvalue weighted by atomic mass is 35.5. The average Bonchev–Trinajstić information content (AvgIpc) is 2.88. The lowest BCUT2D eigenvalue weighted by Gasteiger charge is -2.32. The second-order valence-electron chi connectivity index (χ2n) is 8.69. The van der Waals surface area contributed by atoms with Gasteiger partial charge in [-0.1, -0.05) is 23.2 Å². The Balaban J connectivity index is 1.45. The first-order valence-corrected chi connectivity index (χ1v) is 12.1. The molecule has 11 heteroatoms. The SMILES string of the molecule is Cc1cc(-c2cc(C)c3cc(Oc4c(Cl)cc(N5N=C(C#N)C(O)NC5O)cc4Cl)ccc3n2)ccc1F. The van der Waals surface area contributed by atoms with Crippen LogP contribution in [0.4, 0.5) is 10.1 Å². The number of nitriles is 1. The standard InChI is InChI=1S/C27H20Cl2FN5O3/c1-13-8-23(15-3-5-21(30)14(2)7-15)32-22-6-4-17(11-18(13)22)38-25-19(28)9-16(10-20(25)29)35-27(37)33-26(36)24(12-31)34-35/h3-11,26-27,33,36-37H,1-2H3. The summed E-state index contributed by atoms with van der Waals surface area (Å²) in [6, 6.07) is 16.9. The Morgan fingerprint density at radius 3 is 2.45 bits per heavy atom. The van der Waals surface area contributed by atoms with Crippen LogP contribution in [-0.4, -0.2) is 33.5 Å². The topological polar surface area (TPSA) is 114 Å². The number of ether oxygens (including phenoxy) is 1.